The predicted octanol–water partition coefficient (Wildman–Crippen LogP) is 3.53. The van der Waals surface area contributed by atoms with Crippen molar-refractivity contribution in [3.63, 3.8) is 0 Å². The van der Waals surface area contributed by atoms with E-state index in [1.165, 1.54) is 5.56 Å². The Morgan fingerprint density at radius 2 is 1.86 bits per heavy atom. The number of carbonyl (C=O) groups is 1. The Morgan fingerprint density at radius 1 is 1.05 bits per heavy atom. The van der Waals surface area contributed by atoms with Gasteiger partial charge in [0.2, 0.25) is 0 Å². The first kappa shape index (κ1) is 23.6. The van der Waals surface area contributed by atoms with Crippen LogP contribution in [0.1, 0.15) is 35.3 Å². The van der Waals surface area contributed by atoms with E-state index in [9.17, 15) is 4.79 Å². The molecule has 1 aromatic carbocycles. The Kier molecular flexibility index (Phi) is 6.10. The lowest BCUT2D eigenvalue weighted by molar-refractivity contribution is -0.00923. The molecule has 1 N–H and O–H groups in total. The molecular weight excluding hydrogens is 468 g/mol. The minimum Gasteiger partial charge on any atom is -0.463 e. The molecule has 37 heavy (non-hydrogen) atoms. The molecule has 0 radical (unpaired) electrons. The number of carbonyl (C=O) groups excluding carboxylic acids is 1. The molecule has 2 aliphatic rings. The summed E-state index contributed by atoms with van der Waals surface area (Å²) in [6.45, 7) is 7.85. The zero-order valence-electron chi connectivity index (χ0n) is 21.1. The maximum Gasteiger partial charge on any atom is 0.255 e. The number of amides is 1. The second-order valence-corrected chi connectivity index (χ2v) is 10.1. The van der Waals surface area contributed by atoms with E-state index in [0.717, 1.165) is 42.8 Å². The topological polar surface area (TPSA) is 98.3 Å². The number of hydrogen-bond acceptors (Lipinski definition) is 7. The van der Waals surface area contributed by atoms with Crippen molar-refractivity contribution in [3.8, 4) is 28.7 Å². The largest absolute Gasteiger partial charge is 0.463 e. The maximum absolute atomic E-state index is 13.4. The van der Waals surface area contributed by atoms with E-state index in [-0.39, 0.29) is 11.4 Å². The summed E-state index contributed by atoms with van der Waals surface area (Å²) in [5.41, 5.74) is 5.13. The van der Waals surface area contributed by atoms with Gasteiger partial charge in [-0.2, -0.15) is 9.78 Å². The minimum atomic E-state index is -0.220. The molecule has 3 aromatic heterocycles. The first-order valence-electron chi connectivity index (χ1n) is 12.7. The Labute approximate surface area is 215 Å². The van der Waals surface area contributed by atoms with Crippen LogP contribution in [0.3, 0.4) is 0 Å². The molecule has 9 heteroatoms. The molecule has 9 nitrogen and oxygen atoms in total. The molecule has 1 amide bonds. The monoisotopic (exact) mass is 498 g/mol. The van der Waals surface area contributed by atoms with Crippen molar-refractivity contribution in [2.24, 2.45) is 0 Å². The van der Waals surface area contributed by atoms with Crippen LogP contribution < -0.4 is 5.32 Å². The summed E-state index contributed by atoms with van der Waals surface area (Å²) >= 11 is 0. The Balaban J connectivity index is 1.33. The average Bonchev–Trinajstić information content (AvgIpc) is 3.62. The highest BCUT2D eigenvalue weighted by Gasteiger charge is 2.30. The number of furan rings is 1. The molecule has 6 rings (SSSR count). The smallest absolute Gasteiger partial charge is 0.255 e. The molecule has 1 aliphatic carbocycles. The van der Waals surface area contributed by atoms with Crippen LogP contribution in [-0.2, 0) is 17.6 Å². The molecular formula is C28H30N6O3. The number of aromatic nitrogens is 4. The molecule has 4 heterocycles. The molecule has 1 saturated heterocycles. The lowest BCUT2D eigenvalue weighted by Crippen LogP contribution is -2.55. The fraction of sp³-hybridized carbons (Fsp3) is 0.357. The number of morpholine rings is 1. The summed E-state index contributed by atoms with van der Waals surface area (Å²) < 4.78 is 12.8. The van der Waals surface area contributed by atoms with E-state index in [0.29, 0.717) is 42.7 Å². The number of nitrogens with zero attached hydrogens (tertiary/aromatic N) is 5. The van der Waals surface area contributed by atoms with E-state index in [2.05, 4.69) is 52.3 Å². The number of aryl methyl sites for hydroxylation is 2. The summed E-state index contributed by atoms with van der Waals surface area (Å²) in [6, 6.07) is 11.9. The molecule has 0 bridgehead atoms. The van der Waals surface area contributed by atoms with Crippen LogP contribution >= 0.6 is 0 Å². The molecule has 1 fully saturated rings. The van der Waals surface area contributed by atoms with E-state index in [1.54, 1.807) is 23.2 Å². The van der Waals surface area contributed by atoms with Crippen LogP contribution in [0.15, 0.2) is 59.5 Å². The number of benzene rings is 1. The van der Waals surface area contributed by atoms with E-state index in [4.69, 9.17) is 14.1 Å². The molecule has 0 spiro atoms. The zero-order valence-corrected chi connectivity index (χ0v) is 21.1. The van der Waals surface area contributed by atoms with Gasteiger partial charge in [-0.05, 0) is 49.9 Å². The van der Waals surface area contributed by atoms with Gasteiger partial charge in [0.15, 0.2) is 5.76 Å². The molecule has 190 valence electrons. The summed E-state index contributed by atoms with van der Waals surface area (Å²) in [5, 5.41) is 7.66. The van der Waals surface area contributed by atoms with Crippen LogP contribution in [0.25, 0.3) is 28.7 Å². The van der Waals surface area contributed by atoms with Crippen molar-refractivity contribution < 1.29 is 13.9 Å². The standard InChI is InChI=1S/C28H30N6O3/c1-28(2,33-11-14-36-15-12-33)18-30-26(35)22-17-31-34(25(22)23-8-5-13-37-23)27-29-16-20-10-9-19-6-3-4-7-21(19)24(20)32-27/h3-8,13,16-17H,9-12,14-15,18H2,1-2H3,(H,30,35). The van der Waals surface area contributed by atoms with Gasteiger partial charge in [0.05, 0.1) is 36.9 Å². The van der Waals surface area contributed by atoms with Crippen molar-refractivity contribution in [1.82, 2.24) is 30.0 Å². The highest BCUT2D eigenvalue weighted by atomic mass is 16.5. The second kappa shape index (κ2) is 9.57. The first-order valence-corrected chi connectivity index (χ1v) is 12.7. The molecule has 4 aromatic rings. The fourth-order valence-corrected chi connectivity index (χ4v) is 5.14. The maximum atomic E-state index is 13.4. The van der Waals surface area contributed by atoms with Crippen LogP contribution in [0.2, 0.25) is 0 Å². The van der Waals surface area contributed by atoms with Crippen molar-refractivity contribution in [1.29, 1.82) is 0 Å². The van der Waals surface area contributed by atoms with E-state index in [1.807, 2.05) is 18.3 Å². The third kappa shape index (κ3) is 4.45. The molecule has 0 unspecified atom stereocenters. The van der Waals surface area contributed by atoms with Gasteiger partial charge in [0, 0.05) is 36.9 Å². The van der Waals surface area contributed by atoms with Crippen LogP contribution in [0.4, 0.5) is 0 Å². The van der Waals surface area contributed by atoms with Gasteiger partial charge in [0.25, 0.3) is 11.9 Å². The Bertz CT molecular complexity index is 1420. The van der Waals surface area contributed by atoms with Crippen molar-refractivity contribution in [2.75, 3.05) is 32.8 Å². The van der Waals surface area contributed by atoms with Gasteiger partial charge >= 0.3 is 0 Å². The average molecular weight is 499 g/mol. The van der Waals surface area contributed by atoms with Gasteiger partial charge in [0.1, 0.15) is 5.69 Å². The van der Waals surface area contributed by atoms with Crippen LogP contribution in [0, 0.1) is 0 Å². The number of fused-ring (bicyclic) bond motifs is 3. The molecule has 1 aliphatic heterocycles. The quantitative estimate of drug-likeness (QED) is 0.434. The summed E-state index contributed by atoms with van der Waals surface area (Å²) in [7, 11) is 0. The van der Waals surface area contributed by atoms with Gasteiger partial charge in [-0.1, -0.05) is 24.3 Å². The highest BCUT2D eigenvalue weighted by Crippen LogP contribution is 2.33. The lowest BCUT2D eigenvalue weighted by Gasteiger charge is -2.40. The van der Waals surface area contributed by atoms with Crippen molar-refractivity contribution >= 4 is 5.91 Å². The third-order valence-electron chi connectivity index (χ3n) is 7.29. The number of nitrogens with one attached hydrogen (secondary N) is 1. The number of hydrogen-bond donors (Lipinski definition) is 1. The Morgan fingerprint density at radius 3 is 2.68 bits per heavy atom. The van der Waals surface area contributed by atoms with E-state index >= 15 is 0 Å². The molecule has 0 saturated carbocycles. The van der Waals surface area contributed by atoms with E-state index < -0.39 is 0 Å². The predicted molar refractivity (Wildman–Crippen MR) is 139 cm³/mol. The summed E-state index contributed by atoms with van der Waals surface area (Å²) in [4.78, 5) is 25.3. The number of rotatable bonds is 6. The van der Waals surface area contributed by atoms with Gasteiger partial charge in [-0.25, -0.2) is 9.97 Å². The lowest BCUT2D eigenvalue weighted by atomic mass is 9.90. The number of ether oxygens (including phenoxy) is 1. The minimum absolute atomic E-state index is 0.213. The van der Waals surface area contributed by atoms with Gasteiger partial charge < -0.3 is 14.5 Å². The second-order valence-electron chi connectivity index (χ2n) is 10.1. The van der Waals surface area contributed by atoms with Gasteiger partial charge in [-0.3, -0.25) is 9.69 Å². The zero-order chi connectivity index (χ0) is 25.4. The summed E-state index contributed by atoms with van der Waals surface area (Å²) in [5.74, 6) is 0.702. The van der Waals surface area contributed by atoms with Crippen molar-refractivity contribution in [2.45, 2.75) is 32.2 Å². The first-order chi connectivity index (χ1) is 18.0. The fourth-order valence-electron chi connectivity index (χ4n) is 5.14. The van der Waals surface area contributed by atoms with Crippen LogP contribution in [-0.4, -0.2) is 68.9 Å². The summed E-state index contributed by atoms with van der Waals surface area (Å²) in [6.07, 6.45) is 6.87. The van der Waals surface area contributed by atoms with Crippen LogP contribution in [0.5, 0.6) is 0 Å². The SMILES string of the molecule is CC(C)(CNC(=O)c1cnn(-c2ncc3c(n2)-c2ccccc2CC3)c1-c1ccco1)N1CCOCC1. The normalized spacial score (nSPS) is 15.7. The van der Waals surface area contributed by atoms with Crippen molar-refractivity contribution in [3.05, 3.63) is 71.7 Å². The highest BCUT2D eigenvalue weighted by molar-refractivity contribution is 5.99. The van der Waals surface area contributed by atoms with Gasteiger partial charge in [-0.15, -0.1) is 0 Å². The Hall–Kier alpha value is -3.82. The molecule has 0 atom stereocenters. The third-order valence-corrected chi connectivity index (χ3v) is 7.29.